The zero-order valence-electron chi connectivity index (χ0n) is 12.8. The summed E-state index contributed by atoms with van der Waals surface area (Å²) in [5.41, 5.74) is 0. The van der Waals surface area contributed by atoms with Gasteiger partial charge in [0.15, 0.2) is 12.1 Å². The molecular weight excluding hydrogens is 270 g/mol. The molecule has 1 atom stereocenters. The monoisotopic (exact) mass is 295 g/mol. The Kier molecular flexibility index (Phi) is 5.22. The Morgan fingerprint density at radius 1 is 1.24 bits per heavy atom. The molecule has 0 aliphatic carbocycles. The quantitative estimate of drug-likeness (QED) is 0.801. The number of ether oxygens (including phenoxy) is 2. The highest BCUT2D eigenvalue weighted by Gasteiger charge is 2.34. The second kappa shape index (κ2) is 7.33. The Morgan fingerprint density at radius 3 is 2.90 bits per heavy atom. The number of rotatable bonds is 6. The molecular formula is C15H25N3O3. The lowest BCUT2D eigenvalue weighted by Gasteiger charge is -2.36. The van der Waals surface area contributed by atoms with Crippen molar-refractivity contribution in [1.82, 2.24) is 15.0 Å². The van der Waals surface area contributed by atoms with E-state index in [-0.39, 0.29) is 6.29 Å². The van der Waals surface area contributed by atoms with E-state index in [1.54, 1.807) is 0 Å². The molecule has 0 radical (unpaired) electrons. The molecule has 3 heterocycles. The van der Waals surface area contributed by atoms with Gasteiger partial charge in [0.1, 0.15) is 0 Å². The van der Waals surface area contributed by atoms with Crippen LogP contribution in [0.25, 0.3) is 0 Å². The number of hydrogen-bond acceptors (Lipinski definition) is 6. The maximum atomic E-state index is 5.69. The summed E-state index contributed by atoms with van der Waals surface area (Å²) in [7, 11) is 0. The van der Waals surface area contributed by atoms with Crippen molar-refractivity contribution in [3.8, 4) is 0 Å². The predicted octanol–water partition coefficient (Wildman–Crippen LogP) is 2.14. The summed E-state index contributed by atoms with van der Waals surface area (Å²) in [5, 5.41) is 4.07. The largest absolute Gasteiger partial charge is 0.349 e. The second-order valence-electron chi connectivity index (χ2n) is 5.85. The molecule has 0 spiro atoms. The van der Waals surface area contributed by atoms with Gasteiger partial charge in [-0.3, -0.25) is 4.90 Å². The Bertz CT molecular complexity index is 432. The van der Waals surface area contributed by atoms with E-state index in [0.717, 1.165) is 38.1 Å². The van der Waals surface area contributed by atoms with Gasteiger partial charge in [0.05, 0.1) is 25.8 Å². The van der Waals surface area contributed by atoms with Crippen molar-refractivity contribution in [2.75, 3.05) is 19.8 Å². The van der Waals surface area contributed by atoms with Crippen LogP contribution < -0.4 is 0 Å². The number of nitrogens with zero attached hydrogens (tertiary/aromatic N) is 3. The Labute approximate surface area is 125 Å². The predicted molar refractivity (Wildman–Crippen MR) is 76.7 cm³/mol. The van der Waals surface area contributed by atoms with E-state index in [0.29, 0.717) is 31.7 Å². The molecule has 0 saturated carbocycles. The molecule has 0 N–H and O–H groups in total. The minimum atomic E-state index is -0.0900. The van der Waals surface area contributed by atoms with Gasteiger partial charge in [-0.25, -0.2) is 0 Å². The summed E-state index contributed by atoms with van der Waals surface area (Å²) >= 11 is 0. The Balaban J connectivity index is 1.59. The lowest BCUT2D eigenvalue weighted by molar-refractivity contribution is -0.112. The average Bonchev–Trinajstić information content (AvgIpc) is 3.17. The number of aryl methyl sites for hydroxylation is 1. The van der Waals surface area contributed by atoms with Gasteiger partial charge < -0.3 is 14.0 Å². The van der Waals surface area contributed by atoms with E-state index in [1.165, 1.54) is 12.8 Å². The van der Waals surface area contributed by atoms with Gasteiger partial charge in [-0.1, -0.05) is 24.9 Å². The zero-order valence-corrected chi connectivity index (χ0v) is 12.8. The molecule has 2 aliphatic rings. The van der Waals surface area contributed by atoms with Crippen LogP contribution in [0.2, 0.25) is 0 Å². The lowest BCUT2D eigenvalue weighted by atomic mass is 10.0. The summed E-state index contributed by atoms with van der Waals surface area (Å²) in [6, 6.07) is 0.312. The Morgan fingerprint density at radius 2 is 2.10 bits per heavy atom. The van der Waals surface area contributed by atoms with Gasteiger partial charge in [0, 0.05) is 6.42 Å². The molecule has 2 aliphatic heterocycles. The molecule has 6 nitrogen and oxygen atoms in total. The molecule has 2 saturated heterocycles. The van der Waals surface area contributed by atoms with Crippen molar-refractivity contribution in [2.45, 2.75) is 64.3 Å². The van der Waals surface area contributed by atoms with Gasteiger partial charge in [-0.05, 0) is 25.8 Å². The number of unbranched alkanes of at least 4 members (excludes halogenated alkanes) is 1. The van der Waals surface area contributed by atoms with E-state index in [9.17, 15) is 0 Å². The van der Waals surface area contributed by atoms with Crippen molar-refractivity contribution < 1.29 is 14.0 Å². The van der Waals surface area contributed by atoms with Crippen LogP contribution in [0, 0.1) is 0 Å². The maximum Gasteiger partial charge on any atom is 0.240 e. The highest BCUT2D eigenvalue weighted by Crippen LogP contribution is 2.25. The average molecular weight is 295 g/mol. The molecule has 0 unspecified atom stereocenters. The van der Waals surface area contributed by atoms with Crippen LogP contribution in [0.3, 0.4) is 0 Å². The minimum Gasteiger partial charge on any atom is -0.349 e. The molecule has 3 rings (SSSR count). The fourth-order valence-corrected chi connectivity index (χ4v) is 3.08. The number of hydrogen-bond donors (Lipinski definition) is 0. The molecule has 0 bridgehead atoms. The van der Waals surface area contributed by atoms with Gasteiger partial charge in [0.25, 0.3) is 0 Å². The summed E-state index contributed by atoms with van der Waals surface area (Å²) in [6.45, 7) is 5.32. The minimum absolute atomic E-state index is 0.0900. The molecule has 0 amide bonds. The fourth-order valence-electron chi connectivity index (χ4n) is 3.08. The smallest absolute Gasteiger partial charge is 0.240 e. The van der Waals surface area contributed by atoms with Crippen molar-refractivity contribution in [1.29, 1.82) is 0 Å². The second-order valence-corrected chi connectivity index (χ2v) is 5.85. The first-order valence-corrected chi connectivity index (χ1v) is 8.15. The standard InChI is InChI=1S/C15H25N3O3/c1-2-3-7-13-16-14(21-17-13)11-18-8-5-4-6-12(18)15-19-9-10-20-15/h12,15H,2-11H2,1H3/t12-/m0/s1. The fraction of sp³-hybridized carbons (Fsp3) is 0.867. The number of aromatic nitrogens is 2. The van der Waals surface area contributed by atoms with Crippen LogP contribution >= 0.6 is 0 Å². The van der Waals surface area contributed by atoms with Crippen LogP contribution in [-0.2, 0) is 22.4 Å². The zero-order chi connectivity index (χ0) is 14.5. The summed E-state index contributed by atoms with van der Waals surface area (Å²) in [5.74, 6) is 1.54. The van der Waals surface area contributed by atoms with E-state index >= 15 is 0 Å². The van der Waals surface area contributed by atoms with Gasteiger partial charge >= 0.3 is 0 Å². The van der Waals surface area contributed by atoms with Crippen LogP contribution in [0.1, 0.15) is 50.7 Å². The maximum absolute atomic E-state index is 5.69. The third-order valence-electron chi connectivity index (χ3n) is 4.23. The molecule has 6 heteroatoms. The van der Waals surface area contributed by atoms with Gasteiger partial charge in [-0.2, -0.15) is 4.98 Å². The van der Waals surface area contributed by atoms with E-state index in [4.69, 9.17) is 14.0 Å². The third kappa shape index (κ3) is 3.81. The highest BCUT2D eigenvalue weighted by molar-refractivity contribution is 4.89. The third-order valence-corrected chi connectivity index (χ3v) is 4.23. The van der Waals surface area contributed by atoms with E-state index < -0.39 is 0 Å². The van der Waals surface area contributed by atoms with Gasteiger partial charge in [-0.15, -0.1) is 0 Å². The topological polar surface area (TPSA) is 60.6 Å². The van der Waals surface area contributed by atoms with Crippen molar-refractivity contribution in [3.05, 3.63) is 11.7 Å². The molecule has 0 aromatic carbocycles. The molecule has 2 fully saturated rings. The van der Waals surface area contributed by atoms with Crippen LogP contribution in [0.5, 0.6) is 0 Å². The van der Waals surface area contributed by atoms with Crippen LogP contribution in [0.15, 0.2) is 4.52 Å². The van der Waals surface area contributed by atoms with Crippen molar-refractivity contribution >= 4 is 0 Å². The first-order chi connectivity index (χ1) is 10.4. The van der Waals surface area contributed by atoms with Crippen LogP contribution in [-0.4, -0.2) is 47.1 Å². The van der Waals surface area contributed by atoms with E-state index in [2.05, 4.69) is 22.0 Å². The summed E-state index contributed by atoms with van der Waals surface area (Å²) in [4.78, 5) is 6.87. The Hall–Kier alpha value is -0.980. The SMILES string of the molecule is CCCCc1noc(CN2CCCC[C@H]2C2OCCO2)n1. The summed E-state index contributed by atoms with van der Waals surface area (Å²) in [6.07, 6.45) is 6.62. The molecule has 1 aromatic rings. The first-order valence-electron chi connectivity index (χ1n) is 8.15. The van der Waals surface area contributed by atoms with Gasteiger partial charge in [0.2, 0.25) is 5.89 Å². The van der Waals surface area contributed by atoms with Crippen molar-refractivity contribution in [2.24, 2.45) is 0 Å². The number of piperidine rings is 1. The first kappa shape index (κ1) is 14.9. The number of likely N-dealkylation sites (tertiary alicyclic amines) is 1. The molecule has 118 valence electrons. The lowest BCUT2D eigenvalue weighted by Crippen LogP contribution is -2.46. The highest BCUT2D eigenvalue weighted by atomic mass is 16.7. The summed E-state index contributed by atoms with van der Waals surface area (Å²) < 4.78 is 16.8. The van der Waals surface area contributed by atoms with E-state index in [1.807, 2.05) is 0 Å². The normalized spacial score (nSPS) is 24.7. The van der Waals surface area contributed by atoms with Crippen LogP contribution in [0.4, 0.5) is 0 Å². The van der Waals surface area contributed by atoms with Crippen molar-refractivity contribution in [3.63, 3.8) is 0 Å². The molecule has 21 heavy (non-hydrogen) atoms. The molecule has 1 aromatic heterocycles.